The summed E-state index contributed by atoms with van der Waals surface area (Å²) in [5, 5.41) is 2.89. The molecule has 1 N–H and O–H groups in total. The quantitative estimate of drug-likeness (QED) is 0.918. The summed E-state index contributed by atoms with van der Waals surface area (Å²) in [6.07, 6.45) is -4.71. The average Bonchev–Trinajstić information content (AvgIpc) is 2.28. The molecule has 1 aromatic rings. The molecular formula is C12H15F3N2O2. The van der Waals surface area contributed by atoms with Crippen molar-refractivity contribution in [1.29, 1.82) is 0 Å². The maximum atomic E-state index is 12.0. The van der Waals surface area contributed by atoms with Gasteiger partial charge in [0, 0.05) is 19.8 Å². The van der Waals surface area contributed by atoms with Crippen LogP contribution in [-0.4, -0.2) is 37.3 Å². The second-order valence-corrected chi connectivity index (χ2v) is 4.17. The van der Waals surface area contributed by atoms with Crippen LogP contribution >= 0.6 is 0 Å². The van der Waals surface area contributed by atoms with Gasteiger partial charge in [-0.3, -0.25) is 4.79 Å². The molecule has 0 aliphatic rings. The van der Waals surface area contributed by atoms with Gasteiger partial charge in [0.05, 0.1) is 0 Å². The Morgan fingerprint density at radius 1 is 1.26 bits per heavy atom. The van der Waals surface area contributed by atoms with Gasteiger partial charge in [-0.15, -0.1) is 13.2 Å². The number of alkyl halides is 3. The standard InChI is InChI=1S/C12H15F3N2O2/c1-8(11(18)17(2)3)16-9-4-6-10(7-5-9)19-12(13,14)15/h4-8,16H,1-3H3. The lowest BCUT2D eigenvalue weighted by atomic mass is 10.2. The molecule has 106 valence electrons. The number of benzene rings is 1. The van der Waals surface area contributed by atoms with Crippen LogP contribution in [0.15, 0.2) is 24.3 Å². The van der Waals surface area contributed by atoms with Crippen LogP contribution in [0.1, 0.15) is 6.92 Å². The van der Waals surface area contributed by atoms with Gasteiger partial charge in [-0.2, -0.15) is 0 Å². The van der Waals surface area contributed by atoms with Crippen molar-refractivity contribution < 1.29 is 22.7 Å². The Morgan fingerprint density at radius 3 is 2.21 bits per heavy atom. The molecule has 7 heteroatoms. The van der Waals surface area contributed by atoms with Crippen LogP contribution in [0, 0.1) is 0 Å². The number of hydrogen-bond donors (Lipinski definition) is 1. The first-order valence-electron chi connectivity index (χ1n) is 5.52. The summed E-state index contributed by atoms with van der Waals surface area (Å²) >= 11 is 0. The number of hydrogen-bond acceptors (Lipinski definition) is 3. The molecule has 0 aromatic heterocycles. The van der Waals surface area contributed by atoms with E-state index in [-0.39, 0.29) is 11.7 Å². The summed E-state index contributed by atoms with van der Waals surface area (Å²) in [5.74, 6) is -0.430. The van der Waals surface area contributed by atoms with Crippen LogP contribution < -0.4 is 10.1 Å². The van der Waals surface area contributed by atoms with E-state index in [0.717, 1.165) is 0 Å². The lowest BCUT2D eigenvalue weighted by Gasteiger charge is -2.19. The predicted octanol–water partition coefficient (Wildman–Crippen LogP) is 2.47. The number of nitrogens with one attached hydrogen (secondary N) is 1. The number of rotatable bonds is 4. The van der Waals surface area contributed by atoms with E-state index in [1.807, 2.05) is 0 Å². The number of ether oxygens (including phenoxy) is 1. The zero-order chi connectivity index (χ0) is 14.6. The second-order valence-electron chi connectivity index (χ2n) is 4.17. The Hall–Kier alpha value is -1.92. The lowest BCUT2D eigenvalue weighted by Crippen LogP contribution is -2.36. The molecule has 0 spiro atoms. The fraction of sp³-hybridized carbons (Fsp3) is 0.417. The van der Waals surface area contributed by atoms with Crippen LogP contribution in [0.25, 0.3) is 0 Å². The summed E-state index contributed by atoms with van der Waals surface area (Å²) in [5.41, 5.74) is 0.539. The highest BCUT2D eigenvalue weighted by Gasteiger charge is 2.30. The molecule has 0 aliphatic carbocycles. The number of amides is 1. The summed E-state index contributed by atoms with van der Waals surface area (Å²) in [6.45, 7) is 1.67. The van der Waals surface area contributed by atoms with Crippen LogP contribution in [-0.2, 0) is 4.79 Å². The molecule has 0 fully saturated rings. The van der Waals surface area contributed by atoms with E-state index < -0.39 is 12.4 Å². The molecule has 0 saturated carbocycles. The van der Waals surface area contributed by atoms with Gasteiger partial charge in [0.1, 0.15) is 11.8 Å². The van der Waals surface area contributed by atoms with Crippen molar-refractivity contribution in [2.24, 2.45) is 0 Å². The average molecular weight is 276 g/mol. The van der Waals surface area contributed by atoms with E-state index in [1.165, 1.54) is 29.2 Å². The molecule has 19 heavy (non-hydrogen) atoms. The molecule has 0 radical (unpaired) electrons. The van der Waals surface area contributed by atoms with E-state index in [9.17, 15) is 18.0 Å². The van der Waals surface area contributed by atoms with E-state index in [0.29, 0.717) is 5.69 Å². The minimum atomic E-state index is -4.71. The van der Waals surface area contributed by atoms with Gasteiger partial charge in [-0.05, 0) is 31.2 Å². The van der Waals surface area contributed by atoms with Crippen LogP contribution in [0.4, 0.5) is 18.9 Å². The Kier molecular flexibility index (Phi) is 4.63. The molecule has 1 rings (SSSR count). The van der Waals surface area contributed by atoms with E-state index in [1.54, 1.807) is 21.0 Å². The first-order valence-corrected chi connectivity index (χ1v) is 5.52. The minimum Gasteiger partial charge on any atom is -0.406 e. The molecule has 0 heterocycles. The zero-order valence-electron chi connectivity index (χ0n) is 10.8. The van der Waals surface area contributed by atoms with E-state index >= 15 is 0 Å². The van der Waals surface area contributed by atoms with Gasteiger partial charge >= 0.3 is 6.36 Å². The summed E-state index contributed by atoms with van der Waals surface area (Å²) < 4.78 is 39.6. The van der Waals surface area contributed by atoms with Gasteiger partial charge in [0.25, 0.3) is 0 Å². The second kappa shape index (κ2) is 5.81. The topological polar surface area (TPSA) is 41.6 Å². The van der Waals surface area contributed by atoms with Crippen LogP contribution in [0.5, 0.6) is 5.75 Å². The van der Waals surface area contributed by atoms with Gasteiger partial charge in [-0.25, -0.2) is 0 Å². The van der Waals surface area contributed by atoms with E-state index in [2.05, 4.69) is 10.1 Å². The van der Waals surface area contributed by atoms with Crippen molar-refractivity contribution >= 4 is 11.6 Å². The SMILES string of the molecule is CC(Nc1ccc(OC(F)(F)F)cc1)C(=O)N(C)C. The van der Waals surface area contributed by atoms with Crippen LogP contribution in [0.2, 0.25) is 0 Å². The number of carbonyl (C=O) groups is 1. The van der Waals surface area contributed by atoms with Crippen molar-refractivity contribution in [3.8, 4) is 5.75 Å². The zero-order valence-corrected chi connectivity index (χ0v) is 10.8. The van der Waals surface area contributed by atoms with Crippen molar-refractivity contribution in [2.45, 2.75) is 19.3 Å². The Morgan fingerprint density at radius 2 is 1.79 bits per heavy atom. The Labute approximate surface area is 109 Å². The minimum absolute atomic E-state index is 0.129. The molecule has 1 unspecified atom stereocenters. The number of anilines is 1. The lowest BCUT2D eigenvalue weighted by molar-refractivity contribution is -0.274. The maximum absolute atomic E-state index is 12.0. The monoisotopic (exact) mass is 276 g/mol. The number of nitrogens with zero attached hydrogens (tertiary/aromatic N) is 1. The van der Waals surface area contributed by atoms with Crippen molar-refractivity contribution in [3.05, 3.63) is 24.3 Å². The normalized spacial score (nSPS) is 12.7. The molecule has 0 aliphatic heterocycles. The Bertz CT molecular complexity index is 430. The Balaban J connectivity index is 2.65. The van der Waals surface area contributed by atoms with Gasteiger partial charge in [-0.1, -0.05) is 0 Å². The highest BCUT2D eigenvalue weighted by molar-refractivity contribution is 5.83. The predicted molar refractivity (Wildman–Crippen MR) is 64.9 cm³/mol. The largest absolute Gasteiger partial charge is 0.573 e. The van der Waals surface area contributed by atoms with Crippen molar-refractivity contribution in [1.82, 2.24) is 4.90 Å². The van der Waals surface area contributed by atoms with Gasteiger partial charge in [0.2, 0.25) is 5.91 Å². The fourth-order valence-electron chi connectivity index (χ4n) is 1.45. The van der Waals surface area contributed by atoms with E-state index in [4.69, 9.17) is 0 Å². The smallest absolute Gasteiger partial charge is 0.406 e. The van der Waals surface area contributed by atoms with Gasteiger partial charge < -0.3 is 15.0 Å². The third-order valence-corrected chi connectivity index (χ3v) is 2.28. The summed E-state index contributed by atoms with van der Waals surface area (Å²) in [6, 6.07) is 4.73. The molecular weight excluding hydrogens is 261 g/mol. The first-order chi connectivity index (χ1) is 8.69. The maximum Gasteiger partial charge on any atom is 0.573 e. The van der Waals surface area contributed by atoms with Crippen molar-refractivity contribution in [3.63, 3.8) is 0 Å². The summed E-state index contributed by atoms with van der Waals surface area (Å²) in [7, 11) is 3.25. The number of likely N-dealkylation sites (N-methyl/N-ethyl adjacent to an activating group) is 1. The molecule has 1 amide bonds. The molecule has 0 bridgehead atoms. The fourth-order valence-corrected chi connectivity index (χ4v) is 1.45. The third kappa shape index (κ3) is 5.07. The van der Waals surface area contributed by atoms with Crippen LogP contribution in [0.3, 0.4) is 0 Å². The third-order valence-electron chi connectivity index (χ3n) is 2.28. The number of halogens is 3. The first kappa shape index (κ1) is 15.1. The molecule has 0 saturated heterocycles. The highest BCUT2D eigenvalue weighted by Crippen LogP contribution is 2.24. The van der Waals surface area contributed by atoms with Gasteiger partial charge in [0.15, 0.2) is 0 Å². The molecule has 1 aromatic carbocycles. The molecule has 1 atom stereocenters. The summed E-state index contributed by atoms with van der Waals surface area (Å²) in [4.78, 5) is 13.0. The number of carbonyl (C=O) groups excluding carboxylic acids is 1. The van der Waals surface area contributed by atoms with Crippen molar-refractivity contribution in [2.75, 3.05) is 19.4 Å². The molecule has 4 nitrogen and oxygen atoms in total. The highest BCUT2D eigenvalue weighted by atomic mass is 19.4.